The second-order valence-electron chi connectivity index (χ2n) is 3.25. The van der Waals surface area contributed by atoms with E-state index in [1.54, 1.807) is 18.2 Å². The highest BCUT2D eigenvalue weighted by Gasteiger charge is 2.32. The van der Waals surface area contributed by atoms with Crippen molar-refractivity contribution in [1.82, 2.24) is 0 Å². The Morgan fingerprint density at radius 2 is 1.94 bits per heavy atom. The van der Waals surface area contributed by atoms with Gasteiger partial charge in [0.1, 0.15) is 0 Å². The summed E-state index contributed by atoms with van der Waals surface area (Å²) < 4.78 is 23.4. The minimum atomic E-state index is -3.74. The number of carbonyl (C=O) groups is 1. The molecule has 0 saturated heterocycles. The van der Waals surface area contributed by atoms with E-state index in [9.17, 15) is 13.2 Å². The molecule has 0 bridgehead atoms. The van der Waals surface area contributed by atoms with Crippen LogP contribution in [-0.4, -0.2) is 25.2 Å². The summed E-state index contributed by atoms with van der Waals surface area (Å²) in [5.41, 5.74) is 0.261. The topological polar surface area (TPSA) is 71.4 Å². The molecular formula is C11H12O4S. The molecule has 4 nitrogen and oxygen atoms in total. The smallest absolute Gasteiger partial charge is 0.326 e. The summed E-state index contributed by atoms with van der Waals surface area (Å²) in [5.74, 6) is -1.72. The van der Waals surface area contributed by atoms with Gasteiger partial charge in [-0.3, -0.25) is 4.79 Å². The van der Waals surface area contributed by atoms with Gasteiger partial charge in [-0.1, -0.05) is 36.4 Å². The lowest BCUT2D eigenvalue weighted by molar-refractivity contribution is -0.136. The quantitative estimate of drug-likeness (QED) is 0.790. The maximum absolute atomic E-state index is 11.7. The van der Waals surface area contributed by atoms with Crippen LogP contribution in [0.1, 0.15) is 10.8 Å². The monoisotopic (exact) mass is 240 g/mol. The lowest BCUT2D eigenvalue weighted by atomic mass is 10.1. The van der Waals surface area contributed by atoms with Crippen molar-refractivity contribution >= 4 is 15.8 Å². The van der Waals surface area contributed by atoms with Crippen LogP contribution in [0.15, 0.2) is 43.0 Å². The van der Waals surface area contributed by atoms with Crippen molar-refractivity contribution in [2.75, 3.05) is 5.75 Å². The van der Waals surface area contributed by atoms with E-state index in [2.05, 4.69) is 6.58 Å². The van der Waals surface area contributed by atoms with Crippen molar-refractivity contribution in [3.63, 3.8) is 0 Å². The zero-order chi connectivity index (χ0) is 12.2. The first-order valence-electron chi connectivity index (χ1n) is 4.59. The van der Waals surface area contributed by atoms with Gasteiger partial charge in [0.25, 0.3) is 0 Å². The standard InChI is InChI=1S/C11H12O4S/c1-2-8-16(14,15)10(11(12)13)9-6-4-3-5-7-9/h2-7,10H,1,8H2,(H,12,13). The van der Waals surface area contributed by atoms with Crippen LogP contribution in [0, 0.1) is 0 Å². The third-order valence-electron chi connectivity index (χ3n) is 2.04. The Balaban J connectivity index is 3.21. The minimum Gasteiger partial charge on any atom is -0.480 e. The van der Waals surface area contributed by atoms with Crippen LogP contribution in [-0.2, 0) is 14.6 Å². The van der Waals surface area contributed by atoms with E-state index in [0.717, 1.165) is 0 Å². The average molecular weight is 240 g/mol. The maximum atomic E-state index is 11.7. The molecule has 5 heteroatoms. The van der Waals surface area contributed by atoms with Crippen LogP contribution in [0.25, 0.3) is 0 Å². The summed E-state index contributed by atoms with van der Waals surface area (Å²) in [4.78, 5) is 11.0. The molecule has 0 amide bonds. The summed E-state index contributed by atoms with van der Waals surface area (Å²) >= 11 is 0. The molecule has 0 aliphatic heterocycles. The molecule has 1 aromatic rings. The Morgan fingerprint density at radius 1 is 1.38 bits per heavy atom. The van der Waals surface area contributed by atoms with Crippen molar-refractivity contribution in [2.24, 2.45) is 0 Å². The van der Waals surface area contributed by atoms with Crippen molar-refractivity contribution < 1.29 is 18.3 Å². The molecule has 1 atom stereocenters. The highest BCUT2D eigenvalue weighted by atomic mass is 32.2. The molecule has 86 valence electrons. The Bertz CT molecular complexity index is 476. The third-order valence-corrected chi connectivity index (χ3v) is 3.93. The molecule has 16 heavy (non-hydrogen) atoms. The average Bonchev–Trinajstić information content (AvgIpc) is 2.17. The van der Waals surface area contributed by atoms with Crippen molar-refractivity contribution in [3.8, 4) is 0 Å². The van der Waals surface area contributed by atoms with Gasteiger partial charge in [-0.25, -0.2) is 8.42 Å². The van der Waals surface area contributed by atoms with Crippen LogP contribution >= 0.6 is 0 Å². The molecule has 1 unspecified atom stereocenters. The molecule has 1 N–H and O–H groups in total. The summed E-state index contributed by atoms with van der Waals surface area (Å²) in [7, 11) is -3.74. The van der Waals surface area contributed by atoms with E-state index >= 15 is 0 Å². The third kappa shape index (κ3) is 2.70. The Hall–Kier alpha value is -1.62. The van der Waals surface area contributed by atoms with Gasteiger partial charge in [0, 0.05) is 0 Å². The number of hydrogen-bond acceptors (Lipinski definition) is 3. The van der Waals surface area contributed by atoms with E-state index in [0.29, 0.717) is 0 Å². The Labute approximate surface area is 94.1 Å². The number of sulfone groups is 1. The normalized spacial score (nSPS) is 13.0. The zero-order valence-electron chi connectivity index (χ0n) is 8.54. The molecule has 0 aliphatic carbocycles. The number of hydrogen-bond donors (Lipinski definition) is 1. The predicted molar refractivity (Wildman–Crippen MR) is 60.8 cm³/mol. The summed E-state index contributed by atoms with van der Waals surface area (Å²) in [5, 5.41) is 7.45. The van der Waals surface area contributed by atoms with Crippen LogP contribution in [0.2, 0.25) is 0 Å². The van der Waals surface area contributed by atoms with Crippen LogP contribution in [0.5, 0.6) is 0 Å². The molecule has 0 saturated carbocycles. The molecule has 0 radical (unpaired) electrons. The molecule has 0 heterocycles. The van der Waals surface area contributed by atoms with Crippen molar-refractivity contribution in [2.45, 2.75) is 5.25 Å². The summed E-state index contributed by atoms with van der Waals surface area (Å²) in [6.07, 6.45) is 1.19. The fourth-order valence-electron chi connectivity index (χ4n) is 1.39. The first-order chi connectivity index (χ1) is 7.49. The second kappa shape index (κ2) is 4.94. The molecule has 0 aromatic heterocycles. The largest absolute Gasteiger partial charge is 0.480 e. The van der Waals surface area contributed by atoms with Gasteiger partial charge in [0.2, 0.25) is 0 Å². The molecule has 0 spiro atoms. The highest BCUT2D eigenvalue weighted by Crippen LogP contribution is 2.23. The fraction of sp³-hybridized carbons (Fsp3) is 0.182. The fourth-order valence-corrected chi connectivity index (χ4v) is 2.79. The predicted octanol–water partition coefficient (Wildman–Crippen LogP) is 1.41. The summed E-state index contributed by atoms with van der Waals surface area (Å²) in [6, 6.07) is 7.88. The van der Waals surface area contributed by atoms with Crippen LogP contribution in [0.4, 0.5) is 0 Å². The van der Waals surface area contributed by atoms with E-state index in [1.807, 2.05) is 0 Å². The first-order valence-corrected chi connectivity index (χ1v) is 6.31. The molecular weight excluding hydrogens is 228 g/mol. The number of carboxylic acids is 1. The van der Waals surface area contributed by atoms with Gasteiger partial charge < -0.3 is 5.11 Å². The van der Waals surface area contributed by atoms with Gasteiger partial charge in [0.05, 0.1) is 5.75 Å². The number of carboxylic acid groups (broad SMARTS) is 1. The lowest BCUT2D eigenvalue weighted by Crippen LogP contribution is -2.23. The maximum Gasteiger partial charge on any atom is 0.326 e. The number of aliphatic carboxylic acids is 1. The van der Waals surface area contributed by atoms with Gasteiger partial charge in [0.15, 0.2) is 15.1 Å². The van der Waals surface area contributed by atoms with Crippen molar-refractivity contribution in [1.29, 1.82) is 0 Å². The molecule has 0 aliphatic rings. The van der Waals surface area contributed by atoms with Crippen molar-refractivity contribution in [3.05, 3.63) is 48.6 Å². The number of rotatable bonds is 5. The van der Waals surface area contributed by atoms with E-state index in [1.165, 1.54) is 18.2 Å². The van der Waals surface area contributed by atoms with E-state index < -0.39 is 21.1 Å². The molecule has 1 rings (SSSR count). The van der Waals surface area contributed by atoms with Gasteiger partial charge in [-0.05, 0) is 5.56 Å². The Morgan fingerprint density at radius 3 is 2.38 bits per heavy atom. The van der Waals surface area contributed by atoms with Gasteiger partial charge >= 0.3 is 5.97 Å². The highest BCUT2D eigenvalue weighted by molar-refractivity contribution is 7.92. The Kier molecular flexibility index (Phi) is 3.84. The van der Waals surface area contributed by atoms with Gasteiger partial charge in [-0.2, -0.15) is 0 Å². The summed E-state index contributed by atoms with van der Waals surface area (Å²) in [6.45, 7) is 3.31. The van der Waals surface area contributed by atoms with Crippen LogP contribution in [0.3, 0.4) is 0 Å². The minimum absolute atomic E-state index is 0.261. The van der Waals surface area contributed by atoms with Gasteiger partial charge in [-0.15, -0.1) is 6.58 Å². The molecule has 0 fully saturated rings. The lowest BCUT2D eigenvalue weighted by Gasteiger charge is -2.12. The van der Waals surface area contributed by atoms with E-state index in [-0.39, 0.29) is 11.3 Å². The molecule has 1 aromatic carbocycles. The van der Waals surface area contributed by atoms with E-state index in [4.69, 9.17) is 5.11 Å². The second-order valence-corrected chi connectivity index (χ2v) is 5.38. The zero-order valence-corrected chi connectivity index (χ0v) is 9.35. The van der Waals surface area contributed by atoms with Crippen LogP contribution < -0.4 is 0 Å². The number of benzene rings is 1. The SMILES string of the molecule is C=CCS(=O)(=O)C(C(=O)O)c1ccccc1. The first kappa shape index (κ1) is 12.4.